The standard InChI is InChI=1S/C54H32N2O2/c1-2-12-37(13-3-1)55-47-20-9-6-17-41(47)42-30-34(21-24-48(42)55)36-23-26-50-44(32-36)54-52(58-50)28-27-51-53(54)43-31-35(22-25-49(43)57-51)33-11-10-14-38(29-33)56-45-18-7-4-15-39(45)40-16-5-8-19-46(40)56/h1-32H. The van der Waals surface area contributed by atoms with E-state index in [9.17, 15) is 0 Å². The molecule has 13 aromatic rings. The van der Waals surface area contributed by atoms with E-state index < -0.39 is 0 Å². The fourth-order valence-electron chi connectivity index (χ4n) is 9.53. The van der Waals surface area contributed by atoms with Crippen LogP contribution in [0.1, 0.15) is 0 Å². The molecule has 0 fully saturated rings. The molecule has 0 spiro atoms. The maximum atomic E-state index is 6.54. The third-order valence-electron chi connectivity index (χ3n) is 12.1. The first-order chi connectivity index (χ1) is 28.7. The van der Waals surface area contributed by atoms with Gasteiger partial charge in [-0.2, -0.15) is 0 Å². The summed E-state index contributed by atoms with van der Waals surface area (Å²) in [5.74, 6) is 0. The average molecular weight is 741 g/mol. The number of hydrogen-bond donors (Lipinski definition) is 0. The molecule has 9 aromatic carbocycles. The second-order valence-corrected chi connectivity index (χ2v) is 15.3. The van der Waals surface area contributed by atoms with Gasteiger partial charge in [-0.05, 0) is 113 Å². The first-order valence-corrected chi connectivity index (χ1v) is 19.7. The molecule has 4 heterocycles. The van der Waals surface area contributed by atoms with Gasteiger partial charge in [0.15, 0.2) is 0 Å². The number of benzene rings is 9. The molecule has 0 radical (unpaired) electrons. The van der Waals surface area contributed by atoms with Gasteiger partial charge in [-0.15, -0.1) is 0 Å². The molecule has 270 valence electrons. The summed E-state index contributed by atoms with van der Waals surface area (Å²) in [5.41, 5.74) is 15.1. The largest absolute Gasteiger partial charge is 0.456 e. The maximum Gasteiger partial charge on any atom is 0.136 e. The van der Waals surface area contributed by atoms with Gasteiger partial charge in [-0.25, -0.2) is 0 Å². The smallest absolute Gasteiger partial charge is 0.136 e. The minimum atomic E-state index is 0.849. The Hall–Kier alpha value is -7.82. The highest BCUT2D eigenvalue weighted by Gasteiger charge is 2.19. The van der Waals surface area contributed by atoms with Gasteiger partial charge in [0.2, 0.25) is 0 Å². The highest BCUT2D eigenvalue weighted by molar-refractivity contribution is 6.26. The molecule has 0 atom stereocenters. The molecule has 13 rings (SSSR count). The van der Waals surface area contributed by atoms with Gasteiger partial charge in [0.1, 0.15) is 22.3 Å². The number of rotatable bonds is 4. The molecular weight excluding hydrogens is 709 g/mol. The zero-order valence-electron chi connectivity index (χ0n) is 31.2. The van der Waals surface area contributed by atoms with E-state index in [1.807, 2.05) is 12.1 Å². The summed E-state index contributed by atoms with van der Waals surface area (Å²) in [6.45, 7) is 0. The lowest BCUT2D eigenvalue weighted by atomic mass is 9.98. The molecule has 0 amide bonds. The van der Waals surface area contributed by atoms with Crippen molar-refractivity contribution in [1.82, 2.24) is 9.13 Å². The van der Waals surface area contributed by atoms with E-state index in [2.05, 4.69) is 191 Å². The zero-order valence-corrected chi connectivity index (χ0v) is 31.2. The van der Waals surface area contributed by atoms with Crippen molar-refractivity contribution in [2.24, 2.45) is 0 Å². The van der Waals surface area contributed by atoms with Gasteiger partial charge in [0.25, 0.3) is 0 Å². The molecule has 4 aromatic heterocycles. The van der Waals surface area contributed by atoms with Gasteiger partial charge in [-0.3, -0.25) is 0 Å². The summed E-state index contributed by atoms with van der Waals surface area (Å²) in [6, 6.07) is 69.5. The van der Waals surface area contributed by atoms with E-state index in [-0.39, 0.29) is 0 Å². The topological polar surface area (TPSA) is 36.1 Å². The number of nitrogens with zero attached hydrogens (tertiary/aromatic N) is 2. The van der Waals surface area contributed by atoms with Crippen LogP contribution in [-0.4, -0.2) is 9.13 Å². The summed E-state index contributed by atoms with van der Waals surface area (Å²) >= 11 is 0. The van der Waals surface area contributed by atoms with E-state index in [1.165, 1.54) is 43.6 Å². The van der Waals surface area contributed by atoms with Gasteiger partial charge in [0, 0.05) is 54.5 Å². The van der Waals surface area contributed by atoms with Crippen LogP contribution in [0, 0.1) is 0 Å². The molecule has 58 heavy (non-hydrogen) atoms. The van der Waals surface area contributed by atoms with Gasteiger partial charge < -0.3 is 18.0 Å². The third-order valence-corrected chi connectivity index (χ3v) is 12.1. The molecule has 4 heteroatoms. The number of aromatic nitrogens is 2. The van der Waals surface area contributed by atoms with E-state index in [1.54, 1.807) is 0 Å². The van der Waals surface area contributed by atoms with Crippen molar-refractivity contribution in [3.63, 3.8) is 0 Å². The van der Waals surface area contributed by atoms with Crippen LogP contribution in [0.2, 0.25) is 0 Å². The van der Waals surface area contributed by atoms with Gasteiger partial charge in [-0.1, -0.05) is 103 Å². The molecule has 0 bridgehead atoms. The number of para-hydroxylation sites is 4. The minimum absolute atomic E-state index is 0.849. The van der Waals surface area contributed by atoms with Crippen LogP contribution < -0.4 is 0 Å². The van der Waals surface area contributed by atoms with Gasteiger partial charge >= 0.3 is 0 Å². The van der Waals surface area contributed by atoms with Gasteiger partial charge in [0.05, 0.1) is 22.1 Å². The SMILES string of the molecule is c1ccc(-n2c3ccccc3c3cc(-c4ccc5oc6ccc7oc8ccc(-c9cccc(-n%10c%11ccccc%11c%11ccccc%11%10)c9)cc8c7c6c5c4)ccc32)cc1. The minimum Gasteiger partial charge on any atom is -0.456 e. The third kappa shape index (κ3) is 4.45. The number of fused-ring (bicyclic) bond motifs is 13. The fraction of sp³-hybridized carbons (Fsp3) is 0. The second kappa shape index (κ2) is 11.8. The summed E-state index contributed by atoms with van der Waals surface area (Å²) < 4.78 is 17.8. The lowest BCUT2D eigenvalue weighted by Crippen LogP contribution is -1.94. The van der Waals surface area contributed by atoms with Crippen molar-refractivity contribution >= 4 is 87.5 Å². The van der Waals surface area contributed by atoms with Crippen LogP contribution in [-0.2, 0) is 0 Å². The molecule has 0 aliphatic carbocycles. The average Bonchev–Trinajstić information content (AvgIpc) is 4.03. The van der Waals surface area contributed by atoms with Crippen molar-refractivity contribution in [3.05, 3.63) is 194 Å². The molecule has 0 saturated heterocycles. The van der Waals surface area contributed by atoms with Crippen molar-refractivity contribution < 1.29 is 8.83 Å². The van der Waals surface area contributed by atoms with Crippen LogP contribution in [0.4, 0.5) is 0 Å². The monoisotopic (exact) mass is 740 g/mol. The molecule has 0 N–H and O–H groups in total. The zero-order chi connectivity index (χ0) is 37.9. The maximum absolute atomic E-state index is 6.54. The molecular formula is C54H32N2O2. The van der Waals surface area contributed by atoms with Crippen molar-refractivity contribution in [2.75, 3.05) is 0 Å². The summed E-state index contributed by atoms with van der Waals surface area (Å²) in [4.78, 5) is 0. The van der Waals surface area contributed by atoms with Crippen molar-refractivity contribution in [2.45, 2.75) is 0 Å². The Bertz CT molecular complexity index is 3750. The Labute approximate surface area is 332 Å². The van der Waals surface area contributed by atoms with Crippen molar-refractivity contribution in [1.29, 1.82) is 0 Å². The summed E-state index contributed by atoms with van der Waals surface area (Å²) in [5, 5.41) is 9.27. The lowest BCUT2D eigenvalue weighted by Gasteiger charge is -2.10. The highest BCUT2D eigenvalue weighted by Crippen LogP contribution is 2.43. The molecule has 0 unspecified atom stereocenters. The normalized spacial score (nSPS) is 12.1. The Kier molecular flexibility index (Phi) is 6.41. The second-order valence-electron chi connectivity index (χ2n) is 15.3. The van der Waals surface area contributed by atoms with Crippen LogP contribution in [0.25, 0.3) is 121 Å². The van der Waals surface area contributed by atoms with E-state index in [4.69, 9.17) is 8.83 Å². The van der Waals surface area contributed by atoms with Crippen LogP contribution in [0.15, 0.2) is 203 Å². The Morgan fingerprint density at radius 1 is 0.259 bits per heavy atom. The lowest BCUT2D eigenvalue weighted by molar-refractivity contribution is 0.663. The quantitative estimate of drug-likeness (QED) is 0.180. The van der Waals surface area contributed by atoms with Crippen LogP contribution in [0.3, 0.4) is 0 Å². The molecule has 0 saturated carbocycles. The molecule has 4 nitrogen and oxygen atoms in total. The Morgan fingerprint density at radius 2 is 0.672 bits per heavy atom. The van der Waals surface area contributed by atoms with E-state index in [0.717, 1.165) is 77.5 Å². The number of hydrogen-bond acceptors (Lipinski definition) is 2. The summed E-state index contributed by atoms with van der Waals surface area (Å²) in [7, 11) is 0. The highest BCUT2D eigenvalue weighted by atomic mass is 16.3. The van der Waals surface area contributed by atoms with E-state index in [0.29, 0.717) is 0 Å². The predicted molar refractivity (Wildman–Crippen MR) is 241 cm³/mol. The Morgan fingerprint density at radius 3 is 1.26 bits per heavy atom. The predicted octanol–water partition coefficient (Wildman–Crippen LogP) is 15.0. The Balaban J connectivity index is 0.973. The van der Waals surface area contributed by atoms with E-state index >= 15 is 0 Å². The molecule has 0 aliphatic rings. The first-order valence-electron chi connectivity index (χ1n) is 19.7. The van der Waals surface area contributed by atoms with Crippen LogP contribution in [0.5, 0.6) is 0 Å². The summed E-state index contributed by atoms with van der Waals surface area (Å²) in [6.07, 6.45) is 0. The number of furan rings is 2. The molecule has 0 aliphatic heterocycles. The van der Waals surface area contributed by atoms with Crippen LogP contribution >= 0.6 is 0 Å². The van der Waals surface area contributed by atoms with Crippen molar-refractivity contribution in [3.8, 4) is 33.6 Å². The first kappa shape index (κ1) is 31.4. The fourth-order valence-corrected chi connectivity index (χ4v) is 9.53.